The van der Waals surface area contributed by atoms with Gasteiger partial charge in [0.05, 0.1) is 19.8 Å². The van der Waals surface area contributed by atoms with Crippen molar-refractivity contribution in [2.75, 3.05) is 13.7 Å². The van der Waals surface area contributed by atoms with Gasteiger partial charge in [-0.1, -0.05) is 77.5 Å². The van der Waals surface area contributed by atoms with E-state index in [0.29, 0.717) is 11.8 Å². The summed E-state index contributed by atoms with van der Waals surface area (Å²) in [5.41, 5.74) is 0.800. The Bertz CT molecular complexity index is 1360. The summed E-state index contributed by atoms with van der Waals surface area (Å²) < 4.78 is 12.0. The molecule has 0 bridgehead atoms. The van der Waals surface area contributed by atoms with Crippen LogP contribution in [-0.2, 0) is 25.5 Å². The summed E-state index contributed by atoms with van der Waals surface area (Å²) in [5, 5.41) is 13.3. The quantitative estimate of drug-likeness (QED) is 0.165. The number of nitrogens with zero attached hydrogens (tertiary/aromatic N) is 1. The lowest BCUT2D eigenvalue weighted by Crippen LogP contribution is -2.49. The number of carbonyl (C=O) groups is 2. The van der Waals surface area contributed by atoms with Gasteiger partial charge in [0, 0.05) is 11.8 Å². The van der Waals surface area contributed by atoms with E-state index >= 15 is 0 Å². The number of ether oxygens (including phenoxy) is 1. The van der Waals surface area contributed by atoms with E-state index in [-0.39, 0.29) is 65.1 Å². The second kappa shape index (κ2) is 13.8. The fourth-order valence-electron chi connectivity index (χ4n) is 7.67. The highest BCUT2D eigenvalue weighted by Gasteiger charge is 2.48. The summed E-state index contributed by atoms with van der Waals surface area (Å²) in [7, 11) is -0.327. The molecule has 8 atom stereocenters. The average Bonchev–Trinajstić information content (AvgIpc) is 3.00. The Morgan fingerprint density at radius 3 is 2.30 bits per heavy atom. The highest BCUT2D eigenvalue weighted by molar-refractivity contribution is 6.74. The number of hydrogen-bond donors (Lipinski definition) is 1. The summed E-state index contributed by atoms with van der Waals surface area (Å²) in [6.45, 7) is 16.0. The van der Waals surface area contributed by atoms with Gasteiger partial charge >= 0.3 is 0 Å². The summed E-state index contributed by atoms with van der Waals surface area (Å²) >= 11 is 0. The Morgan fingerprint density at radius 2 is 1.67 bits per heavy atom. The summed E-state index contributed by atoms with van der Waals surface area (Å²) in [6.07, 6.45) is 13.4. The number of allylic oxidation sites excluding steroid dienone is 3. The van der Waals surface area contributed by atoms with E-state index in [9.17, 15) is 14.7 Å². The monoisotopic (exact) mass is 649 g/mol. The lowest BCUT2D eigenvalue weighted by atomic mass is 9.61. The van der Waals surface area contributed by atoms with Gasteiger partial charge in [-0.2, -0.15) is 0 Å². The molecule has 1 aromatic rings. The van der Waals surface area contributed by atoms with Crippen LogP contribution in [0.5, 0.6) is 5.75 Å². The molecule has 1 aliphatic heterocycles. The van der Waals surface area contributed by atoms with E-state index in [1.807, 2.05) is 24.3 Å². The molecule has 1 unspecified atom stereocenters. The molecular formula is C38H55NO6Si. The number of ketones is 1. The standard InChI is InChI=1S/C38H55NO6Si/c1-24-9-20-31-28(21-24)13-10-25(2)33(31)36(41)34-35(40)32(27-14-18-30(19-15-27)45-46(7,8)38(3,4)5)22-39(37(34)42)44-23-26-11-16-29(43-6)17-12-26/h10-14,16-18,24-25,27-28,30-33,40H,9,15,19-23H2,1-8H3/t24-,25-,27-,28-,30-,31-,32?,33-/m0/s1. The van der Waals surface area contributed by atoms with Crippen LogP contribution in [0.1, 0.15) is 72.3 Å². The van der Waals surface area contributed by atoms with Gasteiger partial charge in [-0.15, -0.1) is 0 Å². The van der Waals surface area contributed by atoms with Crippen molar-refractivity contribution in [3.05, 3.63) is 65.5 Å². The first-order chi connectivity index (χ1) is 21.7. The average molecular weight is 650 g/mol. The second-order valence-corrected chi connectivity index (χ2v) is 20.5. The van der Waals surface area contributed by atoms with E-state index in [1.54, 1.807) is 7.11 Å². The molecule has 3 aliphatic carbocycles. The highest BCUT2D eigenvalue weighted by Crippen LogP contribution is 2.47. The molecule has 252 valence electrons. The molecule has 0 saturated heterocycles. The van der Waals surface area contributed by atoms with Crippen LogP contribution in [0.4, 0.5) is 0 Å². The normalized spacial score (nSPS) is 32.0. The van der Waals surface area contributed by atoms with Gasteiger partial charge in [0.1, 0.15) is 23.7 Å². The molecule has 0 radical (unpaired) electrons. The third-order valence-corrected chi connectivity index (χ3v) is 16.0. The Balaban J connectivity index is 1.42. The Hall–Kier alpha value is -2.68. The van der Waals surface area contributed by atoms with Crippen molar-refractivity contribution in [2.45, 2.75) is 97.6 Å². The molecule has 0 aromatic heterocycles. The van der Waals surface area contributed by atoms with Crippen molar-refractivity contribution in [3.8, 4) is 5.75 Å². The maximum Gasteiger partial charge on any atom is 0.284 e. The fraction of sp³-hybridized carbons (Fsp3) is 0.632. The zero-order chi connectivity index (χ0) is 33.4. The first-order valence-electron chi connectivity index (χ1n) is 17.3. The SMILES string of the molecule is COc1ccc(CON2CC([C@H]3C=C[C@H](O[Si](C)(C)C(C)(C)C)CC3)C(O)=C(C(=O)[C@@H]3[C@H]4CC[C@H](C)C[C@@H]4C=C[C@@H]3C)C2=O)cc1. The molecule has 7 nitrogen and oxygen atoms in total. The van der Waals surface area contributed by atoms with Crippen molar-refractivity contribution in [2.24, 2.45) is 41.4 Å². The van der Waals surface area contributed by atoms with Crippen molar-refractivity contribution in [1.29, 1.82) is 0 Å². The van der Waals surface area contributed by atoms with Crippen LogP contribution in [0, 0.1) is 41.4 Å². The number of aliphatic hydroxyl groups is 1. The van der Waals surface area contributed by atoms with Crippen molar-refractivity contribution < 1.29 is 28.7 Å². The van der Waals surface area contributed by atoms with Crippen LogP contribution in [0.2, 0.25) is 18.1 Å². The van der Waals surface area contributed by atoms with E-state index < -0.39 is 20.1 Å². The molecule has 0 spiro atoms. The maximum atomic E-state index is 14.5. The maximum absolute atomic E-state index is 14.5. The van der Waals surface area contributed by atoms with E-state index in [4.69, 9.17) is 14.0 Å². The number of benzene rings is 1. The fourth-order valence-corrected chi connectivity index (χ4v) is 8.98. The molecule has 4 aliphatic rings. The smallest absolute Gasteiger partial charge is 0.284 e. The first kappa shape index (κ1) is 34.6. The second-order valence-electron chi connectivity index (χ2n) is 15.8. The van der Waals surface area contributed by atoms with Gasteiger partial charge in [0.2, 0.25) is 0 Å². The Labute approximate surface area is 277 Å². The molecule has 1 fully saturated rings. The molecule has 1 N–H and O–H groups in total. The van der Waals surface area contributed by atoms with Crippen LogP contribution in [0.3, 0.4) is 0 Å². The first-order valence-corrected chi connectivity index (χ1v) is 20.2. The predicted molar refractivity (Wildman–Crippen MR) is 183 cm³/mol. The van der Waals surface area contributed by atoms with Crippen molar-refractivity contribution >= 4 is 20.0 Å². The zero-order valence-corrected chi connectivity index (χ0v) is 30.1. The molecule has 1 heterocycles. The summed E-state index contributed by atoms with van der Waals surface area (Å²) in [6, 6.07) is 7.51. The molecule has 5 rings (SSSR count). The number of rotatable bonds is 9. The molecule has 1 aromatic carbocycles. The van der Waals surface area contributed by atoms with Crippen LogP contribution in [0.15, 0.2) is 59.9 Å². The van der Waals surface area contributed by atoms with Gasteiger partial charge in [0.25, 0.3) is 5.91 Å². The third-order valence-electron chi connectivity index (χ3n) is 11.5. The van der Waals surface area contributed by atoms with Gasteiger partial charge < -0.3 is 14.3 Å². The molecular weight excluding hydrogens is 595 g/mol. The van der Waals surface area contributed by atoms with Crippen LogP contribution >= 0.6 is 0 Å². The minimum absolute atomic E-state index is 0.00730. The van der Waals surface area contributed by atoms with Crippen molar-refractivity contribution in [3.63, 3.8) is 0 Å². The minimum atomic E-state index is -1.95. The minimum Gasteiger partial charge on any atom is -0.511 e. The summed E-state index contributed by atoms with van der Waals surface area (Å²) in [4.78, 5) is 34.8. The predicted octanol–water partition coefficient (Wildman–Crippen LogP) is 8.20. The topological polar surface area (TPSA) is 85.3 Å². The van der Waals surface area contributed by atoms with Crippen LogP contribution in [0.25, 0.3) is 0 Å². The van der Waals surface area contributed by atoms with E-state index in [1.165, 1.54) is 5.06 Å². The largest absolute Gasteiger partial charge is 0.511 e. The number of hydroxylamine groups is 2. The number of carbonyl (C=O) groups excluding carboxylic acids is 2. The Morgan fingerprint density at radius 1 is 0.978 bits per heavy atom. The summed E-state index contributed by atoms with van der Waals surface area (Å²) in [5.74, 6) is 0.198. The molecule has 46 heavy (non-hydrogen) atoms. The Kier molecular flexibility index (Phi) is 10.4. The van der Waals surface area contributed by atoms with Gasteiger partial charge in [-0.3, -0.25) is 14.4 Å². The lowest BCUT2D eigenvalue weighted by Gasteiger charge is -2.44. The van der Waals surface area contributed by atoms with Crippen LogP contribution < -0.4 is 4.74 Å². The van der Waals surface area contributed by atoms with Crippen LogP contribution in [-0.4, -0.2) is 49.9 Å². The number of Topliss-reactive ketones (excluding diaryl/α,β-unsaturated/α-hetero) is 1. The number of methoxy groups -OCH3 is 1. The number of hydrogen-bond acceptors (Lipinski definition) is 6. The van der Waals surface area contributed by atoms with E-state index in [2.05, 4.69) is 72.0 Å². The highest BCUT2D eigenvalue weighted by atomic mass is 28.4. The number of fused-ring (bicyclic) bond motifs is 1. The van der Waals surface area contributed by atoms with Crippen molar-refractivity contribution in [1.82, 2.24) is 5.06 Å². The lowest BCUT2D eigenvalue weighted by molar-refractivity contribution is -0.195. The number of aliphatic hydroxyl groups excluding tert-OH is 1. The van der Waals surface area contributed by atoms with Gasteiger partial charge in [-0.25, -0.2) is 5.06 Å². The van der Waals surface area contributed by atoms with Gasteiger partial charge in [-0.05, 0) is 91.1 Å². The molecule has 1 amide bonds. The third kappa shape index (κ3) is 7.24. The zero-order valence-electron chi connectivity index (χ0n) is 29.1. The van der Waals surface area contributed by atoms with E-state index in [0.717, 1.165) is 43.4 Å². The molecule has 1 saturated carbocycles. The number of amides is 1. The van der Waals surface area contributed by atoms with Gasteiger partial charge in [0.15, 0.2) is 14.1 Å². The molecule has 8 heteroatoms.